The summed E-state index contributed by atoms with van der Waals surface area (Å²) in [4.78, 5) is 14.2. The second-order valence-corrected chi connectivity index (χ2v) is 4.78. The monoisotopic (exact) mass is 251 g/mol. The molecular weight excluding hydrogens is 234 g/mol. The van der Waals surface area contributed by atoms with E-state index in [0.717, 1.165) is 19.4 Å². The van der Waals surface area contributed by atoms with Crippen LogP contribution in [0.2, 0.25) is 0 Å². The smallest absolute Gasteiger partial charge is 0.272 e. The molecule has 2 aliphatic rings. The van der Waals surface area contributed by atoms with Gasteiger partial charge in [0.15, 0.2) is 5.79 Å². The number of carbonyl (C=O) groups excluding carboxylic acids is 1. The number of nitrogens with zero attached hydrogens (tertiary/aromatic N) is 3. The number of hydrogen-bond donors (Lipinski definition) is 0. The van der Waals surface area contributed by atoms with E-state index in [0.29, 0.717) is 25.5 Å². The molecule has 3 rings (SSSR count). The lowest BCUT2D eigenvalue weighted by Crippen LogP contribution is -2.51. The van der Waals surface area contributed by atoms with Gasteiger partial charge in [0.25, 0.3) is 5.91 Å². The second kappa shape index (κ2) is 4.37. The molecule has 6 heteroatoms. The number of carbonyl (C=O) groups is 1. The normalized spacial score (nSPS) is 22.6. The Morgan fingerprint density at radius 3 is 2.89 bits per heavy atom. The Morgan fingerprint density at radius 1 is 1.44 bits per heavy atom. The maximum absolute atomic E-state index is 12.4. The summed E-state index contributed by atoms with van der Waals surface area (Å²) in [6, 6.07) is 1.74. The Bertz CT molecular complexity index is 451. The molecule has 0 aromatic carbocycles. The van der Waals surface area contributed by atoms with Crippen LogP contribution in [0.5, 0.6) is 0 Å². The van der Waals surface area contributed by atoms with Gasteiger partial charge in [0.1, 0.15) is 5.69 Å². The largest absolute Gasteiger partial charge is 0.346 e. The lowest BCUT2D eigenvalue weighted by Gasteiger charge is -2.38. The molecule has 2 saturated heterocycles. The second-order valence-electron chi connectivity index (χ2n) is 4.78. The van der Waals surface area contributed by atoms with Gasteiger partial charge in [-0.25, -0.2) is 0 Å². The number of aromatic nitrogens is 2. The van der Waals surface area contributed by atoms with Crippen LogP contribution in [-0.4, -0.2) is 52.7 Å². The molecule has 1 aromatic rings. The quantitative estimate of drug-likeness (QED) is 0.725. The van der Waals surface area contributed by atoms with Crippen LogP contribution in [0, 0.1) is 0 Å². The van der Waals surface area contributed by atoms with Gasteiger partial charge in [0.2, 0.25) is 0 Å². The molecule has 2 fully saturated rings. The summed E-state index contributed by atoms with van der Waals surface area (Å²) in [5.74, 6) is -0.569. The first-order valence-electron chi connectivity index (χ1n) is 6.25. The van der Waals surface area contributed by atoms with E-state index in [-0.39, 0.29) is 5.91 Å². The average Bonchev–Trinajstić information content (AvgIpc) is 2.98. The van der Waals surface area contributed by atoms with Crippen molar-refractivity contribution in [2.75, 3.05) is 26.3 Å². The molecule has 0 saturated carbocycles. The van der Waals surface area contributed by atoms with Crippen molar-refractivity contribution in [2.24, 2.45) is 7.05 Å². The summed E-state index contributed by atoms with van der Waals surface area (Å²) in [6.45, 7) is 2.50. The third kappa shape index (κ3) is 1.91. The standard InChI is InChI=1S/C12H17N3O3/c1-14-10(3-5-13-14)11(16)15-6-2-4-12(9-15)17-7-8-18-12/h3,5H,2,4,6-9H2,1H3. The Labute approximate surface area is 105 Å². The van der Waals surface area contributed by atoms with Crippen molar-refractivity contribution in [2.45, 2.75) is 18.6 Å². The maximum Gasteiger partial charge on any atom is 0.272 e. The minimum absolute atomic E-state index is 0.00632. The van der Waals surface area contributed by atoms with E-state index in [9.17, 15) is 4.79 Å². The van der Waals surface area contributed by atoms with Crippen molar-refractivity contribution >= 4 is 5.91 Å². The molecule has 1 spiro atoms. The summed E-state index contributed by atoms with van der Waals surface area (Å²) >= 11 is 0. The van der Waals surface area contributed by atoms with Gasteiger partial charge in [-0.3, -0.25) is 9.48 Å². The highest BCUT2D eigenvalue weighted by Gasteiger charge is 2.42. The van der Waals surface area contributed by atoms with Crippen molar-refractivity contribution in [3.05, 3.63) is 18.0 Å². The van der Waals surface area contributed by atoms with Crippen LogP contribution in [0.3, 0.4) is 0 Å². The predicted molar refractivity (Wildman–Crippen MR) is 63.0 cm³/mol. The fraction of sp³-hybridized carbons (Fsp3) is 0.667. The Morgan fingerprint density at radius 2 is 2.22 bits per heavy atom. The topological polar surface area (TPSA) is 56.6 Å². The number of likely N-dealkylation sites (tertiary alicyclic amines) is 1. The molecular formula is C12H17N3O3. The van der Waals surface area contributed by atoms with Gasteiger partial charge in [-0.05, 0) is 12.5 Å². The first kappa shape index (κ1) is 11.7. The zero-order valence-electron chi connectivity index (χ0n) is 10.5. The lowest BCUT2D eigenvalue weighted by atomic mass is 10.0. The van der Waals surface area contributed by atoms with Gasteiger partial charge in [0.05, 0.1) is 19.8 Å². The van der Waals surface area contributed by atoms with Crippen molar-refractivity contribution in [3.8, 4) is 0 Å². The number of piperidine rings is 1. The van der Waals surface area contributed by atoms with E-state index >= 15 is 0 Å². The summed E-state index contributed by atoms with van der Waals surface area (Å²) in [5, 5.41) is 4.03. The molecule has 3 heterocycles. The van der Waals surface area contributed by atoms with Crippen molar-refractivity contribution in [1.29, 1.82) is 0 Å². The molecule has 0 unspecified atom stereocenters. The fourth-order valence-corrected chi connectivity index (χ4v) is 2.64. The van der Waals surface area contributed by atoms with Crippen LogP contribution in [0.25, 0.3) is 0 Å². The van der Waals surface area contributed by atoms with Crippen molar-refractivity contribution < 1.29 is 14.3 Å². The molecule has 1 aromatic heterocycles. The van der Waals surface area contributed by atoms with Crippen LogP contribution < -0.4 is 0 Å². The van der Waals surface area contributed by atoms with Crippen LogP contribution in [0.4, 0.5) is 0 Å². The summed E-state index contributed by atoms with van der Waals surface area (Å²) in [6.07, 6.45) is 3.40. The van der Waals surface area contributed by atoms with Crippen molar-refractivity contribution in [1.82, 2.24) is 14.7 Å². The lowest BCUT2D eigenvalue weighted by molar-refractivity contribution is -0.183. The van der Waals surface area contributed by atoms with Gasteiger partial charge < -0.3 is 14.4 Å². The zero-order valence-corrected chi connectivity index (χ0v) is 10.5. The van der Waals surface area contributed by atoms with Crippen LogP contribution in [-0.2, 0) is 16.5 Å². The third-order valence-electron chi connectivity index (χ3n) is 3.56. The predicted octanol–water partition coefficient (Wildman–Crippen LogP) is 0.399. The van der Waals surface area contributed by atoms with Gasteiger partial charge >= 0.3 is 0 Å². The van der Waals surface area contributed by atoms with E-state index in [1.54, 1.807) is 28.9 Å². The molecule has 98 valence electrons. The molecule has 0 N–H and O–H groups in total. The number of hydrogen-bond acceptors (Lipinski definition) is 4. The highest BCUT2D eigenvalue weighted by molar-refractivity contribution is 5.92. The third-order valence-corrected chi connectivity index (χ3v) is 3.56. The molecule has 18 heavy (non-hydrogen) atoms. The first-order valence-corrected chi connectivity index (χ1v) is 6.25. The highest BCUT2D eigenvalue weighted by atomic mass is 16.7. The van der Waals surface area contributed by atoms with Crippen LogP contribution in [0.15, 0.2) is 12.3 Å². The molecule has 0 atom stereocenters. The summed E-state index contributed by atoms with van der Waals surface area (Å²) in [7, 11) is 1.77. The summed E-state index contributed by atoms with van der Waals surface area (Å²) in [5.41, 5.74) is 0.602. The molecule has 2 aliphatic heterocycles. The fourth-order valence-electron chi connectivity index (χ4n) is 2.64. The number of amides is 1. The van der Waals surface area contributed by atoms with E-state index in [1.165, 1.54) is 0 Å². The number of ether oxygens (including phenoxy) is 2. The van der Waals surface area contributed by atoms with Crippen LogP contribution in [0.1, 0.15) is 23.3 Å². The Kier molecular flexibility index (Phi) is 2.83. The molecule has 0 radical (unpaired) electrons. The Balaban J connectivity index is 1.76. The van der Waals surface area contributed by atoms with Gasteiger partial charge in [0, 0.05) is 26.2 Å². The zero-order chi connectivity index (χ0) is 12.6. The molecule has 0 aliphatic carbocycles. The first-order chi connectivity index (χ1) is 8.70. The summed E-state index contributed by atoms with van der Waals surface area (Å²) < 4.78 is 12.9. The van der Waals surface area contributed by atoms with E-state index in [4.69, 9.17) is 9.47 Å². The van der Waals surface area contributed by atoms with Gasteiger partial charge in [-0.1, -0.05) is 0 Å². The Hall–Kier alpha value is -1.40. The molecule has 1 amide bonds. The SMILES string of the molecule is Cn1nccc1C(=O)N1CCCC2(C1)OCCO2. The van der Waals surface area contributed by atoms with Gasteiger partial charge in [-0.15, -0.1) is 0 Å². The minimum Gasteiger partial charge on any atom is -0.346 e. The maximum atomic E-state index is 12.4. The number of aryl methyl sites for hydroxylation is 1. The van der Waals surface area contributed by atoms with E-state index < -0.39 is 5.79 Å². The number of rotatable bonds is 1. The van der Waals surface area contributed by atoms with Crippen molar-refractivity contribution in [3.63, 3.8) is 0 Å². The molecule has 0 bridgehead atoms. The highest BCUT2D eigenvalue weighted by Crippen LogP contribution is 2.30. The minimum atomic E-state index is -0.563. The van der Waals surface area contributed by atoms with Crippen LogP contribution >= 0.6 is 0 Å². The average molecular weight is 251 g/mol. The van der Waals surface area contributed by atoms with E-state index in [1.807, 2.05) is 0 Å². The van der Waals surface area contributed by atoms with Gasteiger partial charge in [-0.2, -0.15) is 5.10 Å². The van der Waals surface area contributed by atoms with E-state index in [2.05, 4.69) is 5.10 Å². The molecule has 6 nitrogen and oxygen atoms in total.